The van der Waals surface area contributed by atoms with Gasteiger partial charge in [-0.05, 0) is 18.2 Å². The molecule has 160 valence electrons. The Morgan fingerprint density at radius 2 is 1.68 bits per heavy atom. The third-order valence-corrected chi connectivity index (χ3v) is 5.40. The van der Waals surface area contributed by atoms with Gasteiger partial charge >= 0.3 is 0 Å². The Bertz CT molecular complexity index is 1140. The molecule has 1 aromatic heterocycles. The Kier molecular flexibility index (Phi) is 5.57. The number of hydrogen-bond acceptors (Lipinski definition) is 7. The fourth-order valence-corrected chi connectivity index (χ4v) is 3.73. The molecule has 1 aliphatic rings. The van der Waals surface area contributed by atoms with Crippen molar-refractivity contribution >= 4 is 28.3 Å². The van der Waals surface area contributed by atoms with Crippen LogP contribution < -0.4 is 14.4 Å². The van der Waals surface area contributed by atoms with Crippen LogP contribution in [0.3, 0.4) is 0 Å². The van der Waals surface area contributed by atoms with Gasteiger partial charge in [-0.3, -0.25) is 14.9 Å². The lowest BCUT2D eigenvalue weighted by molar-refractivity contribution is -0.385. The fourth-order valence-electron chi connectivity index (χ4n) is 3.73. The summed E-state index contributed by atoms with van der Waals surface area (Å²) in [6.45, 7) is 2.02. The normalized spacial score (nSPS) is 13.9. The summed E-state index contributed by atoms with van der Waals surface area (Å²) in [5.41, 5.74) is 0.598. The first-order valence-corrected chi connectivity index (χ1v) is 9.82. The monoisotopic (exact) mass is 422 g/mol. The number of pyridine rings is 1. The fraction of sp³-hybridized carbons (Fsp3) is 0.273. The van der Waals surface area contributed by atoms with E-state index in [1.807, 2.05) is 36.4 Å². The molecule has 31 heavy (non-hydrogen) atoms. The molecule has 1 aliphatic heterocycles. The zero-order valence-electron chi connectivity index (χ0n) is 17.3. The van der Waals surface area contributed by atoms with Gasteiger partial charge in [0.05, 0.1) is 30.7 Å². The van der Waals surface area contributed by atoms with E-state index in [0.29, 0.717) is 26.2 Å². The highest BCUT2D eigenvalue weighted by atomic mass is 16.6. The van der Waals surface area contributed by atoms with E-state index in [0.717, 1.165) is 16.7 Å². The van der Waals surface area contributed by atoms with Crippen molar-refractivity contribution in [3.05, 3.63) is 64.2 Å². The summed E-state index contributed by atoms with van der Waals surface area (Å²) < 4.78 is 10.4. The highest BCUT2D eigenvalue weighted by Crippen LogP contribution is 2.35. The van der Waals surface area contributed by atoms with Gasteiger partial charge in [0.25, 0.3) is 11.6 Å². The van der Waals surface area contributed by atoms with Gasteiger partial charge in [0, 0.05) is 37.6 Å². The largest absolute Gasteiger partial charge is 0.493 e. The summed E-state index contributed by atoms with van der Waals surface area (Å²) in [5.74, 6) is 0.926. The molecule has 0 radical (unpaired) electrons. The van der Waals surface area contributed by atoms with Crippen molar-refractivity contribution in [1.29, 1.82) is 0 Å². The highest BCUT2D eigenvalue weighted by molar-refractivity contribution is 5.99. The molecule has 3 aromatic rings. The van der Waals surface area contributed by atoms with E-state index in [2.05, 4.69) is 4.90 Å². The first kappa shape index (κ1) is 20.4. The molecule has 0 spiro atoms. The van der Waals surface area contributed by atoms with Crippen molar-refractivity contribution in [3.63, 3.8) is 0 Å². The van der Waals surface area contributed by atoms with Crippen LogP contribution in [0.2, 0.25) is 0 Å². The van der Waals surface area contributed by atoms with Gasteiger partial charge in [-0.15, -0.1) is 0 Å². The molecular weight excluding hydrogens is 400 g/mol. The Hall–Kier alpha value is -3.88. The average molecular weight is 422 g/mol. The number of para-hydroxylation sites is 1. The first-order chi connectivity index (χ1) is 15.0. The van der Waals surface area contributed by atoms with Gasteiger partial charge in [0.15, 0.2) is 11.5 Å². The maximum absolute atomic E-state index is 13.1. The average Bonchev–Trinajstić information content (AvgIpc) is 2.82. The molecule has 0 unspecified atom stereocenters. The summed E-state index contributed by atoms with van der Waals surface area (Å²) in [4.78, 5) is 32.5. The molecule has 9 nitrogen and oxygen atoms in total. The van der Waals surface area contributed by atoms with Crippen LogP contribution in [0.15, 0.2) is 48.5 Å². The minimum absolute atomic E-state index is 0.0140. The number of hydrogen-bond donors (Lipinski definition) is 0. The van der Waals surface area contributed by atoms with Crippen molar-refractivity contribution in [1.82, 2.24) is 9.88 Å². The van der Waals surface area contributed by atoms with Gasteiger partial charge in [-0.2, -0.15) is 0 Å². The SMILES string of the molecule is COc1cc(C(=O)N2CCN(c3ccc4ccccc4n3)CC2)c([N+](=O)[O-])cc1OC. The number of nitrogens with zero attached hydrogens (tertiary/aromatic N) is 4. The highest BCUT2D eigenvalue weighted by Gasteiger charge is 2.30. The number of carbonyl (C=O) groups is 1. The maximum Gasteiger partial charge on any atom is 0.286 e. The van der Waals surface area contributed by atoms with Crippen molar-refractivity contribution in [2.24, 2.45) is 0 Å². The number of nitro groups is 1. The van der Waals surface area contributed by atoms with Gasteiger partial charge in [-0.25, -0.2) is 4.98 Å². The van der Waals surface area contributed by atoms with Crippen molar-refractivity contribution < 1.29 is 19.2 Å². The second-order valence-electron chi connectivity index (χ2n) is 7.12. The summed E-state index contributed by atoms with van der Waals surface area (Å²) in [5, 5.41) is 12.6. The molecular formula is C22H22N4O5. The molecule has 0 bridgehead atoms. The Morgan fingerprint density at radius 1 is 1.00 bits per heavy atom. The number of benzene rings is 2. The third-order valence-electron chi connectivity index (χ3n) is 5.40. The molecule has 2 aromatic carbocycles. The summed E-state index contributed by atoms with van der Waals surface area (Å²) in [7, 11) is 2.82. The number of fused-ring (bicyclic) bond motifs is 1. The molecule has 1 amide bonds. The quantitative estimate of drug-likeness (QED) is 0.460. The molecule has 1 saturated heterocycles. The van der Waals surface area contributed by atoms with E-state index < -0.39 is 10.8 Å². The predicted molar refractivity (Wildman–Crippen MR) is 116 cm³/mol. The molecule has 2 heterocycles. The number of nitro benzene ring substituents is 1. The minimum Gasteiger partial charge on any atom is -0.493 e. The van der Waals surface area contributed by atoms with E-state index in [-0.39, 0.29) is 22.7 Å². The standard InChI is InChI=1S/C22H22N4O5/c1-30-19-13-16(18(26(28)29)14-20(19)31-2)22(27)25-11-9-24(10-12-25)21-8-7-15-5-3-4-6-17(15)23-21/h3-8,13-14H,9-12H2,1-2H3. The Morgan fingerprint density at radius 3 is 2.35 bits per heavy atom. The van der Waals surface area contributed by atoms with Crippen molar-refractivity contribution in [2.75, 3.05) is 45.3 Å². The van der Waals surface area contributed by atoms with E-state index in [1.54, 1.807) is 4.90 Å². The number of amides is 1. The Labute approximate surface area is 178 Å². The second kappa shape index (κ2) is 8.47. The van der Waals surface area contributed by atoms with E-state index in [1.165, 1.54) is 26.4 Å². The summed E-state index contributed by atoms with van der Waals surface area (Å²) >= 11 is 0. The van der Waals surface area contributed by atoms with Crippen molar-refractivity contribution in [2.45, 2.75) is 0 Å². The maximum atomic E-state index is 13.1. The Balaban J connectivity index is 1.53. The van der Waals surface area contributed by atoms with E-state index >= 15 is 0 Å². The van der Waals surface area contributed by atoms with Gasteiger partial charge in [-0.1, -0.05) is 18.2 Å². The number of piperazine rings is 1. The number of ether oxygens (including phenoxy) is 2. The van der Waals surface area contributed by atoms with Crippen LogP contribution in [0.4, 0.5) is 11.5 Å². The molecule has 1 fully saturated rings. The second-order valence-corrected chi connectivity index (χ2v) is 7.12. The zero-order chi connectivity index (χ0) is 22.0. The van der Waals surface area contributed by atoms with Gasteiger partial charge in [0.1, 0.15) is 11.4 Å². The number of methoxy groups -OCH3 is 2. The van der Waals surface area contributed by atoms with Crippen LogP contribution in [0, 0.1) is 10.1 Å². The smallest absolute Gasteiger partial charge is 0.286 e. The summed E-state index contributed by atoms with van der Waals surface area (Å²) in [6.07, 6.45) is 0. The number of aromatic nitrogens is 1. The lowest BCUT2D eigenvalue weighted by Crippen LogP contribution is -2.49. The molecule has 0 saturated carbocycles. The lowest BCUT2D eigenvalue weighted by Gasteiger charge is -2.35. The molecule has 0 aliphatic carbocycles. The number of carbonyl (C=O) groups excluding carboxylic acids is 1. The molecule has 4 rings (SSSR count). The van der Waals surface area contributed by atoms with Crippen LogP contribution in [-0.2, 0) is 0 Å². The molecule has 0 atom stereocenters. The van der Waals surface area contributed by atoms with Crippen LogP contribution in [0.5, 0.6) is 11.5 Å². The lowest BCUT2D eigenvalue weighted by atomic mass is 10.1. The minimum atomic E-state index is -0.579. The number of rotatable bonds is 5. The van der Waals surface area contributed by atoms with Crippen molar-refractivity contribution in [3.8, 4) is 11.5 Å². The summed E-state index contributed by atoms with van der Waals surface area (Å²) in [6, 6.07) is 14.5. The van der Waals surface area contributed by atoms with E-state index in [9.17, 15) is 14.9 Å². The van der Waals surface area contributed by atoms with Gasteiger partial charge in [0.2, 0.25) is 0 Å². The number of anilines is 1. The third kappa shape index (κ3) is 3.94. The topological polar surface area (TPSA) is 98.0 Å². The zero-order valence-corrected chi connectivity index (χ0v) is 17.3. The predicted octanol–water partition coefficient (Wildman–Crippen LogP) is 3.12. The molecule has 9 heteroatoms. The van der Waals surface area contributed by atoms with E-state index in [4.69, 9.17) is 14.5 Å². The first-order valence-electron chi connectivity index (χ1n) is 9.82. The van der Waals surface area contributed by atoms with Crippen LogP contribution in [-0.4, -0.2) is 61.1 Å². The van der Waals surface area contributed by atoms with Crippen LogP contribution in [0.1, 0.15) is 10.4 Å². The molecule has 0 N–H and O–H groups in total. The van der Waals surface area contributed by atoms with Crippen LogP contribution >= 0.6 is 0 Å². The van der Waals surface area contributed by atoms with Crippen LogP contribution in [0.25, 0.3) is 10.9 Å². The van der Waals surface area contributed by atoms with Gasteiger partial charge < -0.3 is 19.3 Å².